The minimum Gasteiger partial charge on any atom is -0.350 e. The molecule has 1 fully saturated rings. The lowest BCUT2D eigenvalue weighted by atomic mass is 10.0. The van der Waals surface area contributed by atoms with E-state index in [1.807, 2.05) is 48.5 Å². The fourth-order valence-electron chi connectivity index (χ4n) is 4.11. The molecule has 0 bridgehead atoms. The lowest BCUT2D eigenvalue weighted by molar-refractivity contribution is -0.201. The number of nitrogens with zero attached hydrogens (tertiary/aromatic N) is 1. The van der Waals surface area contributed by atoms with Gasteiger partial charge in [-0.3, -0.25) is 9.59 Å². The van der Waals surface area contributed by atoms with Gasteiger partial charge in [-0.1, -0.05) is 36.4 Å². The highest BCUT2D eigenvalue weighted by molar-refractivity contribution is 7.92. The summed E-state index contributed by atoms with van der Waals surface area (Å²) in [7, 11) is -3.83. The lowest BCUT2D eigenvalue weighted by Gasteiger charge is -2.28. The third kappa shape index (κ3) is 5.47. The van der Waals surface area contributed by atoms with E-state index in [-0.39, 0.29) is 18.5 Å². The van der Waals surface area contributed by atoms with Crippen LogP contribution in [0.2, 0.25) is 0 Å². The molecule has 1 aliphatic rings. The van der Waals surface area contributed by atoms with E-state index in [0.29, 0.717) is 18.4 Å². The van der Waals surface area contributed by atoms with Crippen molar-refractivity contribution < 1.29 is 22.8 Å². The smallest absolute Gasteiger partial charge is 0.264 e. The van der Waals surface area contributed by atoms with Crippen LogP contribution in [0, 0.1) is 0 Å². The van der Waals surface area contributed by atoms with Crippen molar-refractivity contribution in [2.75, 3.05) is 12.9 Å². The Kier molecular flexibility index (Phi) is 7.39. The van der Waals surface area contributed by atoms with Crippen LogP contribution >= 0.6 is 0 Å². The number of carbonyl (C=O) groups is 1. The van der Waals surface area contributed by atoms with Crippen LogP contribution in [0.5, 0.6) is 0 Å². The molecule has 1 amide bonds. The highest BCUT2D eigenvalue weighted by Gasteiger charge is 2.44. The standard InChI is InChI=1S/C26H30N2O6S/c1-26(35(2,31)32,25(30)27-34-23-10-6-7-17-33-23)14-16-28-15-13-21-18-20(11-12-22(21)24(28)29)19-8-4-3-5-9-19/h3-5,8-9,11-13,15,18,23H,6-7,10,14,16-17H2,1-2H3,(H,27,30)/t23?,26-/m1/s1. The number of aromatic nitrogens is 1. The van der Waals surface area contributed by atoms with Gasteiger partial charge in [-0.2, -0.15) is 0 Å². The van der Waals surface area contributed by atoms with Gasteiger partial charge in [0.1, 0.15) is 0 Å². The Labute approximate surface area is 204 Å². The van der Waals surface area contributed by atoms with Crippen LogP contribution in [-0.4, -0.2) is 42.8 Å². The third-order valence-electron chi connectivity index (χ3n) is 6.63. The van der Waals surface area contributed by atoms with Crippen LogP contribution in [0.3, 0.4) is 0 Å². The number of carbonyl (C=O) groups excluding carboxylic acids is 1. The Morgan fingerprint density at radius 2 is 1.91 bits per heavy atom. The van der Waals surface area contributed by atoms with Gasteiger partial charge < -0.3 is 9.30 Å². The zero-order valence-electron chi connectivity index (χ0n) is 19.9. The topological polar surface area (TPSA) is 104 Å². The SMILES string of the molecule is C[C@@](CCn1ccc2cc(-c3ccccc3)ccc2c1=O)(C(=O)NOC1CCCCO1)S(C)(=O)=O. The molecular formula is C26H30N2O6S. The third-order valence-corrected chi connectivity index (χ3v) is 8.66. The molecule has 0 aliphatic carbocycles. The number of benzene rings is 2. The molecule has 1 aromatic heterocycles. The predicted octanol–water partition coefficient (Wildman–Crippen LogP) is 3.44. The van der Waals surface area contributed by atoms with Crippen molar-refractivity contribution in [3.05, 3.63) is 71.1 Å². The maximum absolute atomic E-state index is 13.1. The molecule has 9 heteroatoms. The fourth-order valence-corrected chi connectivity index (χ4v) is 4.95. The van der Waals surface area contributed by atoms with E-state index in [0.717, 1.165) is 35.6 Å². The zero-order valence-corrected chi connectivity index (χ0v) is 20.7. The molecule has 1 aliphatic heterocycles. The second-order valence-electron chi connectivity index (χ2n) is 9.08. The number of hydroxylamine groups is 1. The average molecular weight is 499 g/mol. The number of hydrogen-bond donors (Lipinski definition) is 1. The summed E-state index contributed by atoms with van der Waals surface area (Å²) in [6, 6.07) is 17.3. The van der Waals surface area contributed by atoms with Crippen molar-refractivity contribution in [1.82, 2.24) is 10.0 Å². The summed E-state index contributed by atoms with van der Waals surface area (Å²) in [6.07, 6.45) is 4.39. The van der Waals surface area contributed by atoms with Crippen LogP contribution in [0.4, 0.5) is 0 Å². The Morgan fingerprint density at radius 1 is 1.14 bits per heavy atom. The summed E-state index contributed by atoms with van der Waals surface area (Å²) in [6.45, 7) is 1.93. The molecule has 0 radical (unpaired) electrons. The molecule has 35 heavy (non-hydrogen) atoms. The molecular weight excluding hydrogens is 468 g/mol. The van der Waals surface area contributed by atoms with Crippen LogP contribution in [0.1, 0.15) is 32.6 Å². The molecule has 1 unspecified atom stereocenters. The highest BCUT2D eigenvalue weighted by atomic mass is 32.2. The summed E-state index contributed by atoms with van der Waals surface area (Å²) in [5, 5.41) is 1.31. The minimum atomic E-state index is -3.83. The predicted molar refractivity (Wildman–Crippen MR) is 134 cm³/mol. The molecule has 2 heterocycles. The molecule has 2 atom stereocenters. The largest absolute Gasteiger partial charge is 0.350 e. The van der Waals surface area contributed by atoms with Crippen LogP contribution in [0.25, 0.3) is 21.9 Å². The first kappa shape index (κ1) is 25.1. The van der Waals surface area contributed by atoms with E-state index in [1.165, 1.54) is 11.5 Å². The number of hydrogen-bond acceptors (Lipinski definition) is 6. The van der Waals surface area contributed by atoms with Crippen molar-refractivity contribution in [3.63, 3.8) is 0 Å². The molecule has 1 saturated heterocycles. The number of amides is 1. The van der Waals surface area contributed by atoms with E-state index in [1.54, 1.807) is 12.3 Å². The fraction of sp³-hybridized carbons (Fsp3) is 0.385. The van der Waals surface area contributed by atoms with Crippen molar-refractivity contribution in [2.45, 2.75) is 50.2 Å². The minimum absolute atomic E-state index is 0.0477. The van der Waals surface area contributed by atoms with E-state index in [9.17, 15) is 18.0 Å². The summed E-state index contributed by atoms with van der Waals surface area (Å²) < 4.78 is 30.3. The Balaban J connectivity index is 1.52. The number of nitrogens with one attached hydrogen (secondary N) is 1. The molecule has 0 saturated carbocycles. The molecule has 3 aromatic rings. The van der Waals surface area contributed by atoms with Gasteiger partial charge >= 0.3 is 0 Å². The van der Waals surface area contributed by atoms with Gasteiger partial charge in [0, 0.05) is 37.4 Å². The van der Waals surface area contributed by atoms with Gasteiger partial charge in [0.15, 0.2) is 20.9 Å². The molecule has 8 nitrogen and oxygen atoms in total. The van der Waals surface area contributed by atoms with E-state index in [2.05, 4.69) is 5.48 Å². The molecule has 186 valence electrons. The quantitative estimate of drug-likeness (QED) is 0.477. The van der Waals surface area contributed by atoms with E-state index < -0.39 is 26.8 Å². The summed E-state index contributed by atoms with van der Waals surface area (Å²) >= 11 is 0. The van der Waals surface area contributed by atoms with Crippen molar-refractivity contribution in [3.8, 4) is 11.1 Å². The number of sulfone groups is 1. The van der Waals surface area contributed by atoms with Crippen LogP contribution < -0.4 is 11.0 Å². The lowest BCUT2D eigenvalue weighted by Crippen LogP contribution is -2.51. The van der Waals surface area contributed by atoms with Crippen LogP contribution in [-0.2, 0) is 30.8 Å². The zero-order chi connectivity index (χ0) is 25.1. The Morgan fingerprint density at radius 3 is 2.60 bits per heavy atom. The maximum atomic E-state index is 13.1. The van der Waals surface area contributed by atoms with Crippen molar-refractivity contribution in [2.24, 2.45) is 0 Å². The van der Waals surface area contributed by atoms with Crippen molar-refractivity contribution >= 4 is 26.5 Å². The maximum Gasteiger partial charge on any atom is 0.264 e. The second-order valence-corrected chi connectivity index (χ2v) is 11.5. The van der Waals surface area contributed by atoms with Crippen LogP contribution in [0.15, 0.2) is 65.6 Å². The number of pyridine rings is 1. The first-order chi connectivity index (χ1) is 16.7. The molecule has 4 rings (SSSR count). The second kappa shape index (κ2) is 10.3. The number of rotatable bonds is 8. The van der Waals surface area contributed by atoms with E-state index >= 15 is 0 Å². The van der Waals surface area contributed by atoms with Gasteiger partial charge in [-0.25, -0.2) is 18.7 Å². The van der Waals surface area contributed by atoms with Gasteiger partial charge in [0.2, 0.25) is 0 Å². The highest BCUT2D eigenvalue weighted by Crippen LogP contribution is 2.25. The Bertz CT molecular complexity index is 1360. The number of aryl methyl sites for hydroxylation is 1. The molecule has 0 spiro atoms. The van der Waals surface area contributed by atoms with Gasteiger partial charge in [0.25, 0.3) is 11.5 Å². The average Bonchev–Trinajstić information content (AvgIpc) is 2.87. The normalized spacial score (nSPS) is 18.2. The summed E-state index contributed by atoms with van der Waals surface area (Å²) in [5.41, 5.74) is 4.08. The first-order valence-electron chi connectivity index (χ1n) is 11.6. The number of fused-ring (bicyclic) bond motifs is 1. The van der Waals surface area contributed by atoms with Crippen molar-refractivity contribution in [1.29, 1.82) is 0 Å². The van der Waals surface area contributed by atoms with Gasteiger partial charge in [0.05, 0.1) is 0 Å². The Hall–Kier alpha value is -3.01. The molecule has 2 aromatic carbocycles. The summed E-state index contributed by atoms with van der Waals surface area (Å²) in [4.78, 5) is 31.3. The first-order valence-corrected chi connectivity index (χ1v) is 13.5. The monoisotopic (exact) mass is 498 g/mol. The van der Waals surface area contributed by atoms with Gasteiger partial charge in [-0.15, -0.1) is 0 Å². The molecule has 1 N–H and O–H groups in total. The van der Waals surface area contributed by atoms with E-state index in [4.69, 9.17) is 9.57 Å². The summed E-state index contributed by atoms with van der Waals surface area (Å²) in [5.74, 6) is -0.782. The number of ether oxygens (including phenoxy) is 1. The van der Waals surface area contributed by atoms with Gasteiger partial charge in [-0.05, 0) is 60.9 Å².